The van der Waals surface area contributed by atoms with Gasteiger partial charge < -0.3 is 10.2 Å². The van der Waals surface area contributed by atoms with Gasteiger partial charge >= 0.3 is 0 Å². The lowest BCUT2D eigenvalue weighted by Crippen LogP contribution is -2.51. The largest absolute Gasteiger partial charge is 0.344 e. The minimum absolute atomic E-state index is 0.0101. The lowest BCUT2D eigenvalue weighted by molar-refractivity contribution is -0.136. The molecule has 2 rings (SSSR count). The van der Waals surface area contributed by atoms with Gasteiger partial charge in [0.05, 0.1) is 0 Å². The molecule has 114 valence electrons. The zero-order valence-electron chi connectivity index (χ0n) is 12.6. The van der Waals surface area contributed by atoms with Crippen molar-refractivity contribution in [3.05, 3.63) is 34.3 Å². The molecule has 0 spiro atoms. The van der Waals surface area contributed by atoms with Gasteiger partial charge in [-0.2, -0.15) is 0 Å². The average molecular weight is 353 g/mol. The van der Waals surface area contributed by atoms with Gasteiger partial charge in [0, 0.05) is 24.0 Å². The van der Waals surface area contributed by atoms with E-state index in [1.165, 1.54) is 0 Å². The van der Waals surface area contributed by atoms with Crippen LogP contribution in [0.1, 0.15) is 32.8 Å². The number of hydrogen-bond donors (Lipinski definition) is 1. The highest BCUT2D eigenvalue weighted by atomic mass is 79.9. The van der Waals surface area contributed by atoms with Gasteiger partial charge in [0.25, 0.3) is 0 Å². The first-order valence-electron chi connectivity index (χ1n) is 7.10. The monoisotopic (exact) mass is 352 g/mol. The fourth-order valence-corrected chi connectivity index (χ4v) is 2.81. The Morgan fingerprint density at radius 3 is 2.57 bits per heavy atom. The van der Waals surface area contributed by atoms with Crippen LogP contribution in [0.4, 0.5) is 0 Å². The maximum atomic E-state index is 12.7. The number of carbonyl (C=O) groups excluding carboxylic acids is 2. The van der Waals surface area contributed by atoms with Crippen LogP contribution < -0.4 is 5.32 Å². The van der Waals surface area contributed by atoms with Crippen molar-refractivity contribution in [2.45, 2.75) is 39.8 Å². The first-order chi connectivity index (χ1) is 9.79. The molecular weight excluding hydrogens is 332 g/mol. The molecular formula is C16H21BrN2O2. The summed E-state index contributed by atoms with van der Waals surface area (Å²) in [5.74, 6) is -0.0676. The van der Waals surface area contributed by atoms with Gasteiger partial charge in [0.2, 0.25) is 11.8 Å². The van der Waals surface area contributed by atoms with Crippen molar-refractivity contribution in [3.8, 4) is 0 Å². The number of carbonyl (C=O) groups is 2. The Hall–Kier alpha value is -1.36. The molecule has 0 aromatic heterocycles. The van der Waals surface area contributed by atoms with Crippen molar-refractivity contribution >= 4 is 27.7 Å². The molecule has 0 saturated carbocycles. The minimum Gasteiger partial charge on any atom is -0.344 e. The van der Waals surface area contributed by atoms with E-state index in [-0.39, 0.29) is 17.2 Å². The van der Waals surface area contributed by atoms with Crippen molar-refractivity contribution in [1.82, 2.24) is 10.2 Å². The molecule has 1 aromatic carbocycles. The second-order valence-corrected chi connectivity index (χ2v) is 7.32. The lowest BCUT2D eigenvalue weighted by atomic mass is 9.86. The summed E-state index contributed by atoms with van der Waals surface area (Å²) in [6.07, 6.45) is 0.350. The van der Waals surface area contributed by atoms with Crippen molar-refractivity contribution in [3.63, 3.8) is 0 Å². The Balaban J connectivity index is 2.24. The fraction of sp³-hybridized carbons (Fsp3) is 0.500. The van der Waals surface area contributed by atoms with Gasteiger partial charge in [0.1, 0.15) is 6.04 Å². The molecule has 1 fully saturated rings. The van der Waals surface area contributed by atoms with E-state index in [0.29, 0.717) is 19.5 Å². The summed E-state index contributed by atoms with van der Waals surface area (Å²) in [6, 6.07) is 7.37. The molecule has 0 bridgehead atoms. The number of benzene rings is 1. The van der Waals surface area contributed by atoms with E-state index >= 15 is 0 Å². The molecule has 1 unspecified atom stereocenters. The molecule has 1 aromatic rings. The average Bonchev–Trinajstić information content (AvgIpc) is 2.53. The molecule has 0 radical (unpaired) electrons. The van der Waals surface area contributed by atoms with Crippen molar-refractivity contribution in [1.29, 1.82) is 0 Å². The van der Waals surface area contributed by atoms with Crippen LogP contribution in [0.5, 0.6) is 0 Å². The molecule has 2 amide bonds. The first kappa shape index (κ1) is 16.0. The smallest absolute Gasteiger partial charge is 0.246 e. The van der Waals surface area contributed by atoms with Crippen LogP contribution in [0.15, 0.2) is 28.7 Å². The number of halogens is 1. The van der Waals surface area contributed by atoms with Gasteiger partial charge in [-0.15, -0.1) is 0 Å². The Morgan fingerprint density at radius 1 is 1.29 bits per heavy atom. The highest BCUT2D eigenvalue weighted by molar-refractivity contribution is 9.10. The van der Waals surface area contributed by atoms with E-state index in [1.807, 2.05) is 45.0 Å². The summed E-state index contributed by atoms with van der Waals surface area (Å²) in [7, 11) is 0. The van der Waals surface area contributed by atoms with E-state index in [9.17, 15) is 9.59 Å². The zero-order valence-corrected chi connectivity index (χ0v) is 14.2. The summed E-state index contributed by atoms with van der Waals surface area (Å²) >= 11 is 3.51. The van der Waals surface area contributed by atoms with E-state index in [1.54, 1.807) is 4.90 Å². The van der Waals surface area contributed by atoms with Crippen LogP contribution in [-0.2, 0) is 16.1 Å². The molecule has 5 heteroatoms. The predicted molar refractivity (Wildman–Crippen MR) is 85.6 cm³/mol. The summed E-state index contributed by atoms with van der Waals surface area (Å²) in [6.45, 7) is 6.88. The molecule has 1 heterocycles. The second-order valence-electron chi connectivity index (χ2n) is 6.47. The van der Waals surface area contributed by atoms with E-state index in [4.69, 9.17) is 0 Å². The number of hydrogen-bond acceptors (Lipinski definition) is 2. The maximum Gasteiger partial charge on any atom is 0.246 e. The topological polar surface area (TPSA) is 49.4 Å². The van der Waals surface area contributed by atoms with Gasteiger partial charge in [-0.1, -0.05) is 54.9 Å². The molecule has 1 atom stereocenters. The molecule has 1 saturated heterocycles. The Bertz CT molecular complexity index is 551. The molecule has 1 aliphatic heterocycles. The van der Waals surface area contributed by atoms with Crippen LogP contribution in [0.25, 0.3) is 0 Å². The molecule has 4 nitrogen and oxygen atoms in total. The number of nitrogens with zero attached hydrogens (tertiary/aromatic N) is 1. The Kier molecular flexibility index (Phi) is 4.71. The highest BCUT2D eigenvalue weighted by Gasteiger charge is 2.37. The summed E-state index contributed by atoms with van der Waals surface area (Å²) in [5.41, 5.74) is 0.747. The van der Waals surface area contributed by atoms with Crippen LogP contribution in [0, 0.1) is 5.41 Å². The zero-order chi connectivity index (χ0) is 15.6. The number of nitrogens with one attached hydrogen (secondary N) is 1. The van der Waals surface area contributed by atoms with Crippen molar-refractivity contribution < 1.29 is 9.59 Å². The summed E-state index contributed by atoms with van der Waals surface area (Å²) < 4.78 is 0.980. The third kappa shape index (κ3) is 3.84. The summed E-state index contributed by atoms with van der Waals surface area (Å²) in [5, 5.41) is 2.86. The fourth-order valence-electron chi connectivity index (χ4n) is 2.40. The minimum atomic E-state index is -0.477. The van der Waals surface area contributed by atoms with Gasteiger partial charge in [-0.05, 0) is 17.0 Å². The third-order valence-electron chi connectivity index (χ3n) is 3.66. The van der Waals surface area contributed by atoms with Crippen molar-refractivity contribution in [2.75, 3.05) is 6.54 Å². The van der Waals surface area contributed by atoms with E-state index in [0.717, 1.165) is 10.0 Å². The lowest BCUT2D eigenvalue weighted by Gasteiger charge is -2.32. The van der Waals surface area contributed by atoms with Gasteiger partial charge in [0.15, 0.2) is 0 Å². The van der Waals surface area contributed by atoms with Crippen molar-refractivity contribution in [2.24, 2.45) is 5.41 Å². The first-order valence-corrected chi connectivity index (χ1v) is 7.90. The Morgan fingerprint density at radius 2 is 1.95 bits per heavy atom. The van der Waals surface area contributed by atoms with Crippen LogP contribution in [0.3, 0.4) is 0 Å². The molecule has 1 aliphatic rings. The third-order valence-corrected chi connectivity index (χ3v) is 4.43. The van der Waals surface area contributed by atoms with Gasteiger partial charge in [-0.3, -0.25) is 9.59 Å². The quantitative estimate of drug-likeness (QED) is 0.889. The molecule has 1 N–H and O–H groups in total. The molecule has 21 heavy (non-hydrogen) atoms. The highest BCUT2D eigenvalue weighted by Crippen LogP contribution is 2.25. The van der Waals surface area contributed by atoms with E-state index in [2.05, 4.69) is 21.2 Å². The standard InChI is InChI=1S/C16H21BrN2O2/c1-16(2,3)14-15(21)19(9-8-13(20)18-14)10-11-6-4-5-7-12(11)17/h4-7,14H,8-10H2,1-3H3,(H,18,20). The number of rotatable bonds is 2. The van der Waals surface area contributed by atoms with Crippen LogP contribution in [-0.4, -0.2) is 29.3 Å². The van der Waals surface area contributed by atoms with E-state index < -0.39 is 6.04 Å². The molecule has 0 aliphatic carbocycles. The predicted octanol–water partition coefficient (Wildman–Crippen LogP) is 2.71. The van der Waals surface area contributed by atoms with Crippen LogP contribution >= 0.6 is 15.9 Å². The SMILES string of the molecule is CC(C)(C)C1NC(=O)CCN(Cc2ccccc2Br)C1=O. The summed E-state index contributed by atoms with van der Waals surface area (Å²) in [4.78, 5) is 26.4. The second kappa shape index (κ2) is 6.18. The maximum absolute atomic E-state index is 12.7. The van der Waals surface area contributed by atoms with Gasteiger partial charge in [-0.25, -0.2) is 0 Å². The normalized spacial score (nSPS) is 20.2. The Labute approximate surface area is 134 Å². The van der Waals surface area contributed by atoms with Crippen LogP contribution in [0.2, 0.25) is 0 Å². The number of amides is 2.